The first kappa shape index (κ1) is 21.8. The zero-order valence-corrected chi connectivity index (χ0v) is 19.9. The Morgan fingerprint density at radius 3 is 2.21 bits per heavy atom. The van der Waals surface area contributed by atoms with Gasteiger partial charge in [-0.1, -0.05) is 29.3 Å². The first-order chi connectivity index (χ1) is 15.8. The molecule has 5 rings (SSSR count). The molecular formula is C23H23ClN6O2S. The molecule has 0 radical (unpaired) electrons. The van der Waals surface area contributed by atoms with Gasteiger partial charge in [0.2, 0.25) is 10.0 Å². The molecule has 1 aliphatic rings. The van der Waals surface area contributed by atoms with Gasteiger partial charge in [-0.05, 0) is 50.2 Å². The number of benzene rings is 2. The van der Waals surface area contributed by atoms with Crippen molar-refractivity contribution >= 4 is 38.5 Å². The summed E-state index contributed by atoms with van der Waals surface area (Å²) in [5.74, 6) is 1.42. The standard InChI is InChI=1S/C23H23ClN6O2S/c1-16-3-7-19(8-4-16)30-23-21(15-25-30)22(26-17(2)27-23)28-11-13-29(14-12-28)33(31,32)20-9-5-18(24)6-10-20/h3-10,15H,11-14H2,1-2H3. The number of aryl methyl sites for hydroxylation is 2. The lowest BCUT2D eigenvalue weighted by Gasteiger charge is -2.35. The average Bonchev–Trinajstić information content (AvgIpc) is 3.23. The summed E-state index contributed by atoms with van der Waals surface area (Å²) in [6.07, 6.45) is 1.78. The number of aromatic nitrogens is 4. The van der Waals surface area contributed by atoms with Crippen LogP contribution in [-0.4, -0.2) is 58.7 Å². The Kier molecular flexibility index (Phi) is 5.55. The van der Waals surface area contributed by atoms with E-state index in [2.05, 4.69) is 20.0 Å². The van der Waals surface area contributed by atoms with Gasteiger partial charge >= 0.3 is 0 Å². The van der Waals surface area contributed by atoms with Crippen LogP contribution in [0.4, 0.5) is 5.82 Å². The van der Waals surface area contributed by atoms with Crippen LogP contribution in [0, 0.1) is 13.8 Å². The lowest BCUT2D eigenvalue weighted by molar-refractivity contribution is 0.384. The Morgan fingerprint density at radius 1 is 0.879 bits per heavy atom. The van der Waals surface area contributed by atoms with Gasteiger partial charge in [0, 0.05) is 31.2 Å². The molecule has 1 aliphatic heterocycles. The Hall–Kier alpha value is -3.01. The lowest BCUT2D eigenvalue weighted by Crippen LogP contribution is -2.49. The van der Waals surface area contributed by atoms with E-state index in [1.807, 2.05) is 42.8 Å². The largest absolute Gasteiger partial charge is 0.353 e. The van der Waals surface area contributed by atoms with Crippen molar-refractivity contribution in [3.05, 3.63) is 71.1 Å². The van der Waals surface area contributed by atoms with E-state index in [1.165, 1.54) is 9.87 Å². The van der Waals surface area contributed by atoms with Crippen molar-refractivity contribution < 1.29 is 8.42 Å². The summed E-state index contributed by atoms with van der Waals surface area (Å²) in [5.41, 5.74) is 2.84. The zero-order valence-electron chi connectivity index (χ0n) is 18.3. The fourth-order valence-corrected chi connectivity index (χ4v) is 5.56. The predicted molar refractivity (Wildman–Crippen MR) is 129 cm³/mol. The second-order valence-electron chi connectivity index (χ2n) is 8.07. The highest BCUT2D eigenvalue weighted by atomic mass is 35.5. The Morgan fingerprint density at radius 2 is 1.55 bits per heavy atom. The molecule has 0 spiro atoms. The topological polar surface area (TPSA) is 84.2 Å². The van der Waals surface area contributed by atoms with Gasteiger partial charge in [-0.2, -0.15) is 9.40 Å². The smallest absolute Gasteiger partial charge is 0.243 e. The SMILES string of the molecule is Cc1ccc(-n2ncc3c(N4CCN(S(=O)(=O)c5ccc(Cl)cc5)CC4)nc(C)nc32)cc1. The van der Waals surface area contributed by atoms with E-state index >= 15 is 0 Å². The van der Waals surface area contributed by atoms with E-state index in [0.29, 0.717) is 37.0 Å². The van der Waals surface area contributed by atoms with Crippen LogP contribution in [0.3, 0.4) is 0 Å². The van der Waals surface area contributed by atoms with E-state index in [0.717, 1.165) is 22.5 Å². The normalized spacial score (nSPS) is 15.3. The monoisotopic (exact) mass is 482 g/mol. The maximum Gasteiger partial charge on any atom is 0.243 e. The van der Waals surface area contributed by atoms with Crippen molar-refractivity contribution in [1.82, 2.24) is 24.1 Å². The third kappa shape index (κ3) is 4.07. The van der Waals surface area contributed by atoms with Gasteiger partial charge in [-0.3, -0.25) is 0 Å². The predicted octanol–water partition coefficient (Wildman–Crippen LogP) is 3.60. The van der Waals surface area contributed by atoms with Crippen molar-refractivity contribution in [3.8, 4) is 5.69 Å². The minimum absolute atomic E-state index is 0.250. The summed E-state index contributed by atoms with van der Waals surface area (Å²) >= 11 is 5.91. The molecule has 4 aromatic rings. The summed E-state index contributed by atoms with van der Waals surface area (Å²) in [6.45, 7) is 5.67. The van der Waals surface area contributed by atoms with Gasteiger partial charge in [-0.25, -0.2) is 23.1 Å². The molecule has 0 bridgehead atoms. The number of rotatable bonds is 4. The van der Waals surface area contributed by atoms with Gasteiger partial charge in [0.1, 0.15) is 11.6 Å². The number of nitrogens with zero attached hydrogens (tertiary/aromatic N) is 6. The molecule has 8 nitrogen and oxygen atoms in total. The van der Waals surface area contributed by atoms with E-state index in [4.69, 9.17) is 11.6 Å². The van der Waals surface area contributed by atoms with Crippen LogP contribution in [0.1, 0.15) is 11.4 Å². The van der Waals surface area contributed by atoms with Gasteiger partial charge < -0.3 is 4.90 Å². The van der Waals surface area contributed by atoms with Crippen LogP contribution in [0.25, 0.3) is 16.7 Å². The maximum atomic E-state index is 13.0. The summed E-state index contributed by atoms with van der Waals surface area (Å²) in [6, 6.07) is 14.4. The number of hydrogen-bond acceptors (Lipinski definition) is 6. The van der Waals surface area contributed by atoms with Gasteiger partial charge in [-0.15, -0.1) is 0 Å². The van der Waals surface area contributed by atoms with E-state index in [9.17, 15) is 8.42 Å². The molecule has 0 N–H and O–H groups in total. The minimum Gasteiger partial charge on any atom is -0.353 e. The van der Waals surface area contributed by atoms with Crippen molar-refractivity contribution in [2.24, 2.45) is 0 Å². The van der Waals surface area contributed by atoms with E-state index < -0.39 is 10.0 Å². The Labute approximate surface area is 197 Å². The third-order valence-electron chi connectivity index (χ3n) is 5.79. The molecule has 0 atom stereocenters. The summed E-state index contributed by atoms with van der Waals surface area (Å²) in [4.78, 5) is 11.7. The minimum atomic E-state index is -3.57. The summed E-state index contributed by atoms with van der Waals surface area (Å²) < 4.78 is 29.4. The zero-order chi connectivity index (χ0) is 23.2. The quantitative estimate of drug-likeness (QED) is 0.442. The Bertz CT molecular complexity index is 1410. The molecule has 10 heteroatoms. The molecule has 0 unspecified atom stereocenters. The van der Waals surface area contributed by atoms with E-state index in [-0.39, 0.29) is 4.90 Å². The van der Waals surface area contributed by atoms with Crippen LogP contribution in [-0.2, 0) is 10.0 Å². The van der Waals surface area contributed by atoms with Crippen LogP contribution in [0.15, 0.2) is 59.6 Å². The molecule has 3 heterocycles. The molecule has 0 saturated carbocycles. The highest BCUT2D eigenvalue weighted by molar-refractivity contribution is 7.89. The van der Waals surface area contributed by atoms with Crippen LogP contribution in [0.5, 0.6) is 0 Å². The molecule has 33 heavy (non-hydrogen) atoms. The van der Waals surface area contributed by atoms with Crippen LogP contribution < -0.4 is 4.90 Å². The molecule has 170 valence electrons. The molecule has 0 amide bonds. The number of hydrogen-bond donors (Lipinski definition) is 0. The molecule has 2 aromatic carbocycles. The highest BCUT2D eigenvalue weighted by Gasteiger charge is 2.30. The highest BCUT2D eigenvalue weighted by Crippen LogP contribution is 2.28. The number of fused-ring (bicyclic) bond motifs is 1. The average molecular weight is 483 g/mol. The second-order valence-corrected chi connectivity index (χ2v) is 10.4. The van der Waals surface area contributed by atoms with Gasteiger partial charge in [0.15, 0.2) is 5.65 Å². The second kappa shape index (κ2) is 8.40. The van der Waals surface area contributed by atoms with Crippen LogP contribution >= 0.6 is 11.6 Å². The molecule has 2 aromatic heterocycles. The van der Waals surface area contributed by atoms with Crippen molar-refractivity contribution in [1.29, 1.82) is 0 Å². The number of anilines is 1. The molecule has 0 aliphatic carbocycles. The number of piperazine rings is 1. The maximum absolute atomic E-state index is 13.0. The molecule has 1 saturated heterocycles. The third-order valence-corrected chi connectivity index (χ3v) is 7.95. The Balaban J connectivity index is 1.42. The van der Waals surface area contributed by atoms with Crippen molar-refractivity contribution in [2.45, 2.75) is 18.7 Å². The summed E-state index contributed by atoms with van der Waals surface area (Å²) in [5, 5.41) is 5.91. The fraction of sp³-hybridized carbons (Fsp3) is 0.261. The summed E-state index contributed by atoms with van der Waals surface area (Å²) in [7, 11) is -3.57. The first-order valence-corrected chi connectivity index (χ1v) is 12.4. The molecular weight excluding hydrogens is 460 g/mol. The molecule has 1 fully saturated rings. The van der Waals surface area contributed by atoms with E-state index in [1.54, 1.807) is 30.5 Å². The van der Waals surface area contributed by atoms with Crippen molar-refractivity contribution in [3.63, 3.8) is 0 Å². The van der Waals surface area contributed by atoms with Gasteiger partial charge in [0.25, 0.3) is 0 Å². The lowest BCUT2D eigenvalue weighted by atomic mass is 10.2. The van der Waals surface area contributed by atoms with Crippen LogP contribution in [0.2, 0.25) is 5.02 Å². The first-order valence-electron chi connectivity index (χ1n) is 10.6. The fourth-order valence-electron chi connectivity index (χ4n) is 4.01. The van der Waals surface area contributed by atoms with Gasteiger partial charge in [0.05, 0.1) is 22.2 Å². The van der Waals surface area contributed by atoms with Crippen molar-refractivity contribution in [2.75, 3.05) is 31.1 Å². The number of halogens is 1. The number of sulfonamides is 1.